The van der Waals surface area contributed by atoms with E-state index >= 15 is 0 Å². The van der Waals surface area contributed by atoms with Crippen LogP contribution in [0.15, 0.2) is 18.2 Å². The highest BCUT2D eigenvalue weighted by molar-refractivity contribution is 6.06. The third-order valence-corrected chi connectivity index (χ3v) is 2.88. The van der Waals surface area contributed by atoms with E-state index in [9.17, 15) is 4.79 Å². The van der Waals surface area contributed by atoms with E-state index in [1.807, 2.05) is 19.1 Å². The average molecular weight is 217 g/mol. The number of carbonyl (C=O) groups is 1. The molecule has 0 amide bonds. The summed E-state index contributed by atoms with van der Waals surface area (Å²) in [5, 5.41) is 0.948. The third kappa shape index (κ3) is 1.48. The van der Waals surface area contributed by atoms with Crippen LogP contribution < -0.4 is 0 Å². The number of benzene rings is 1. The first kappa shape index (κ1) is 10.7. The van der Waals surface area contributed by atoms with E-state index in [0.717, 1.165) is 23.0 Å². The first-order valence-electron chi connectivity index (χ1n) is 5.37. The lowest BCUT2D eigenvalue weighted by Crippen LogP contribution is -2.01. The van der Waals surface area contributed by atoms with E-state index in [0.29, 0.717) is 5.56 Å². The highest BCUT2D eigenvalue weighted by Crippen LogP contribution is 2.25. The fourth-order valence-corrected chi connectivity index (χ4v) is 2.07. The van der Waals surface area contributed by atoms with Crippen LogP contribution in [0.2, 0.25) is 0 Å². The minimum Gasteiger partial charge on any atom is -0.465 e. The first-order chi connectivity index (χ1) is 7.69. The fraction of sp³-hybridized carbons (Fsp3) is 0.308. The van der Waals surface area contributed by atoms with Crippen molar-refractivity contribution in [2.24, 2.45) is 0 Å². The standard InChI is InChI=1S/C13H15NO2/c1-4-9-6-5-7-10-11(13(15)16-3)8(2)14-12(9)10/h5-7,14H,4H2,1-3H3. The molecule has 1 aromatic heterocycles. The summed E-state index contributed by atoms with van der Waals surface area (Å²) in [7, 11) is 1.41. The Morgan fingerprint density at radius 2 is 2.19 bits per heavy atom. The number of aromatic amines is 1. The molecule has 1 N–H and O–H groups in total. The van der Waals surface area contributed by atoms with Crippen molar-refractivity contribution in [3.8, 4) is 0 Å². The van der Waals surface area contributed by atoms with Crippen LogP contribution in [0.5, 0.6) is 0 Å². The number of methoxy groups -OCH3 is 1. The van der Waals surface area contributed by atoms with Crippen molar-refractivity contribution in [2.45, 2.75) is 20.3 Å². The Bertz CT molecular complexity index is 540. The van der Waals surface area contributed by atoms with Crippen LogP contribution in [0.1, 0.15) is 28.5 Å². The molecule has 0 aliphatic carbocycles. The van der Waals surface area contributed by atoms with Crippen LogP contribution >= 0.6 is 0 Å². The second kappa shape index (κ2) is 4.00. The highest BCUT2D eigenvalue weighted by atomic mass is 16.5. The Labute approximate surface area is 94.4 Å². The molecule has 84 valence electrons. The highest BCUT2D eigenvalue weighted by Gasteiger charge is 2.17. The molecule has 2 rings (SSSR count). The minimum absolute atomic E-state index is 0.281. The molecule has 0 saturated carbocycles. The molecule has 0 aliphatic rings. The summed E-state index contributed by atoms with van der Waals surface area (Å²) < 4.78 is 4.80. The summed E-state index contributed by atoms with van der Waals surface area (Å²) in [6.07, 6.45) is 0.942. The van der Waals surface area contributed by atoms with Gasteiger partial charge in [0.2, 0.25) is 0 Å². The zero-order valence-electron chi connectivity index (χ0n) is 9.76. The second-order valence-corrected chi connectivity index (χ2v) is 3.81. The largest absolute Gasteiger partial charge is 0.465 e. The molecule has 0 radical (unpaired) electrons. The number of hydrogen-bond acceptors (Lipinski definition) is 2. The lowest BCUT2D eigenvalue weighted by Gasteiger charge is -2.00. The summed E-state index contributed by atoms with van der Waals surface area (Å²) >= 11 is 0. The van der Waals surface area contributed by atoms with Gasteiger partial charge < -0.3 is 9.72 Å². The van der Waals surface area contributed by atoms with Crippen LogP contribution in [-0.4, -0.2) is 18.1 Å². The van der Waals surface area contributed by atoms with Crippen molar-refractivity contribution in [1.29, 1.82) is 0 Å². The van der Waals surface area contributed by atoms with Crippen LogP contribution in [-0.2, 0) is 11.2 Å². The number of carbonyl (C=O) groups excluding carboxylic acids is 1. The van der Waals surface area contributed by atoms with Gasteiger partial charge >= 0.3 is 5.97 Å². The van der Waals surface area contributed by atoms with Crippen LogP contribution in [0.25, 0.3) is 10.9 Å². The molecular formula is C13H15NO2. The molecule has 0 spiro atoms. The van der Waals surface area contributed by atoms with E-state index in [4.69, 9.17) is 4.74 Å². The number of ether oxygens (including phenoxy) is 1. The van der Waals surface area contributed by atoms with Crippen molar-refractivity contribution in [1.82, 2.24) is 4.98 Å². The van der Waals surface area contributed by atoms with Gasteiger partial charge in [-0.05, 0) is 18.9 Å². The molecule has 0 aliphatic heterocycles. The summed E-state index contributed by atoms with van der Waals surface area (Å²) in [4.78, 5) is 14.9. The molecule has 1 aromatic carbocycles. The summed E-state index contributed by atoms with van der Waals surface area (Å²) in [6, 6.07) is 5.99. The molecule has 1 heterocycles. The Hall–Kier alpha value is -1.77. The fourth-order valence-electron chi connectivity index (χ4n) is 2.07. The van der Waals surface area contributed by atoms with Gasteiger partial charge in [0.1, 0.15) is 0 Å². The minimum atomic E-state index is -0.281. The number of H-pyrrole nitrogens is 1. The lowest BCUT2D eigenvalue weighted by atomic mass is 10.1. The molecular weight excluding hydrogens is 202 g/mol. The number of rotatable bonds is 2. The zero-order valence-corrected chi connectivity index (χ0v) is 9.76. The number of fused-ring (bicyclic) bond motifs is 1. The van der Waals surface area contributed by atoms with Crippen molar-refractivity contribution in [2.75, 3.05) is 7.11 Å². The van der Waals surface area contributed by atoms with Crippen molar-refractivity contribution < 1.29 is 9.53 Å². The SMILES string of the molecule is CCc1cccc2c(C(=O)OC)c(C)[nH]c12. The first-order valence-corrected chi connectivity index (χ1v) is 5.37. The molecule has 3 nitrogen and oxygen atoms in total. The van der Waals surface area contributed by atoms with E-state index in [1.54, 1.807) is 0 Å². The van der Waals surface area contributed by atoms with Gasteiger partial charge in [-0.15, -0.1) is 0 Å². The second-order valence-electron chi connectivity index (χ2n) is 3.81. The molecule has 0 unspecified atom stereocenters. The summed E-state index contributed by atoms with van der Waals surface area (Å²) in [5.41, 5.74) is 3.77. The Morgan fingerprint density at radius 1 is 1.44 bits per heavy atom. The van der Waals surface area contributed by atoms with E-state index in [2.05, 4.69) is 18.0 Å². The molecule has 2 aromatic rings. The zero-order chi connectivity index (χ0) is 11.7. The van der Waals surface area contributed by atoms with Gasteiger partial charge in [-0.1, -0.05) is 25.1 Å². The Kier molecular flexibility index (Phi) is 2.69. The van der Waals surface area contributed by atoms with Gasteiger partial charge in [0.05, 0.1) is 12.7 Å². The number of esters is 1. The van der Waals surface area contributed by atoms with Crippen molar-refractivity contribution in [3.63, 3.8) is 0 Å². The van der Waals surface area contributed by atoms with Gasteiger partial charge in [-0.2, -0.15) is 0 Å². The van der Waals surface area contributed by atoms with Gasteiger partial charge in [0.15, 0.2) is 0 Å². The molecule has 3 heteroatoms. The maximum Gasteiger partial charge on any atom is 0.340 e. The normalized spacial score (nSPS) is 10.7. The lowest BCUT2D eigenvalue weighted by molar-refractivity contribution is 0.0602. The van der Waals surface area contributed by atoms with Crippen LogP contribution in [0.4, 0.5) is 0 Å². The number of hydrogen-bond donors (Lipinski definition) is 1. The maximum absolute atomic E-state index is 11.7. The van der Waals surface area contributed by atoms with Crippen molar-refractivity contribution in [3.05, 3.63) is 35.0 Å². The smallest absolute Gasteiger partial charge is 0.340 e. The molecule has 0 saturated heterocycles. The maximum atomic E-state index is 11.7. The average Bonchev–Trinajstić information content (AvgIpc) is 2.63. The van der Waals surface area contributed by atoms with E-state index in [-0.39, 0.29) is 5.97 Å². The third-order valence-electron chi connectivity index (χ3n) is 2.88. The number of aryl methyl sites for hydroxylation is 2. The van der Waals surface area contributed by atoms with Crippen LogP contribution in [0, 0.1) is 6.92 Å². The Balaban J connectivity index is 2.76. The van der Waals surface area contributed by atoms with E-state index in [1.165, 1.54) is 12.7 Å². The summed E-state index contributed by atoms with van der Waals surface area (Å²) in [6.45, 7) is 3.99. The molecule has 16 heavy (non-hydrogen) atoms. The number of aromatic nitrogens is 1. The van der Waals surface area contributed by atoms with Gasteiger partial charge in [-0.3, -0.25) is 0 Å². The quantitative estimate of drug-likeness (QED) is 0.786. The monoisotopic (exact) mass is 217 g/mol. The van der Waals surface area contributed by atoms with E-state index < -0.39 is 0 Å². The van der Waals surface area contributed by atoms with Gasteiger partial charge in [-0.25, -0.2) is 4.79 Å². The Morgan fingerprint density at radius 3 is 2.81 bits per heavy atom. The van der Waals surface area contributed by atoms with Gasteiger partial charge in [0, 0.05) is 16.6 Å². The van der Waals surface area contributed by atoms with Gasteiger partial charge in [0.25, 0.3) is 0 Å². The topological polar surface area (TPSA) is 42.1 Å². The van der Waals surface area contributed by atoms with Crippen LogP contribution in [0.3, 0.4) is 0 Å². The van der Waals surface area contributed by atoms with Crippen molar-refractivity contribution >= 4 is 16.9 Å². The molecule has 0 atom stereocenters. The number of para-hydroxylation sites is 1. The number of nitrogens with one attached hydrogen (secondary N) is 1. The molecule has 0 bridgehead atoms. The predicted molar refractivity (Wildman–Crippen MR) is 63.8 cm³/mol. The summed E-state index contributed by atoms with van der Waals surface area (Å²) in [5.74, 6) is -0.281. The predicted octanol–water partition coefficient (Wildman–Crippen LogP) is 2.83. The molecule has 0 fully saturated rings.